The molecular weight excluding hydrogens is 286 g/mol. The van der Waals surface area contributed by atoms with E-state index in [9.17, 15) is 0 Å². The van der Waals surface area contributed by atoms with Crippen molar-refractivity contribution in [1.29, 1.82) is 0 Å². The molecule has 0 aliphatic heterocycles. The molecule has 0 saturated heterocycles. The average molecular weight is 308 g/mol. The molecule has 1 atom stereocenters. The molecule has 0 aliphatic rings. The number of rotatable bonds is 8. The third-order valence-corrected chi connectivity index (χ3v) is 4.56. The van der Waals surface area contributed by atoms with Crippen LogP contribution in [0, 0.1) is 0 Å². The normalized spacial score (nSPS) is 12.5. The Bertz CT molecular complexity index is 495. The second-order valence-corrected chi connectivity index (χ2v) is 6.50. The lowest BCUT2D eigenvalue weighted by Crippen LogP contribution is -2.22. The second kappa shape index (κ2) is 8.46. The lowest BCUT2D eigenvalue weighted by molar-refractivity contribution is 0.485. The predicted octanol–water partition coefficient (Wildman–Crippen LogP) is 5.47. The molecule has 1 unspecified atom stereocenters. The van der Waals surface area contributed by atoms with Crippen LogP contribution in [0.4, 0.5) is 0 Å². The van der Waals surface area contributed by atoms with Crippen molar-refractivity contribution in [3.8, 4) is 0 Å². The zero-order chi connectivity index (χ0) is 14.2. The van der Waals surface area contributed by atoms with Gasteiger partial charge in [0.15, 0.2) is 0 Å². The number of aryl methyl sites for hydroxylation is 1. The van der Waals surface area contributed by atoms with Gasteiger partial charge in [-0.1, -0.05) is 36.7 Å². The maximum atomic E-state index is 6.11. The fourth-order valence-electron chi connectivity index (χ4n) is 2.36. The van der Waals surface area contributed by atoms with Gasteiger partial charge in [-0.2, -0.15) is 0 Å². The van der Waals surface area contributed by atoms with Gasteiger partial charge in [-0.15, -0.1) is 11.3 Å². The lowest BCUT2D eigenvalue weighted by atomic mass is 10.0. The van der Waals surface area contributed by atoms with E-state index in [2.05, 4.69) is 41.9 Å². The van der Waals surface area contributed by atoms with Gasteiger partial charge in [0.05, 0.1) is 0 Å². The van der Waals surface area contributed by atoms with Gasteiger partial charge in [0, 0.05) is 15.9 Å². The fraction of sp³-hybridized carbons (Fsp3) is 0.412. The average Bonchev–Trinajstić information content (AvgIpc) is 2.96. The first-order chi connectivity index (χ1) is 9.79. The van der Waals surface area contributed by atoms with E-state index in [0.29, 0.717) is 6.04 Å². The zero-order valence-corrected chi connectivity index (χ0v) is 13.5. The molecule has 1 aromatic heterocycles. The van der Waals surface area contributed by atoms with Gasteiger partial charge < -0.3 is 5.32 Å². The first-order valence-corrected chi connectivity index (χ1v) is 8.56. The molecule has 108 valence electrons. The summed E-state index contributed by atoms with van der Waals surface area (Å²) in [7, 11) is 0. The molecule has 2 aromatic rings. The molecular formula is C17H22ClNS. The summed E-state index contributed by atoms with van der Waals surface area (Å²) in [5, 5.41) is 6.61. The maximum absolute atomic E-state index is 6.11. The Hall–Kier alpha value is -0.830. The molecule has 3 heteroatoms. The van der Waals surface area contributed by atoms with Crippen molar-refractivity contribution in [2.75, 3.05) is 6.54 Å². The van der Waals surface area contributed by atoms with Crippen LogP contribution in [0.1, 0.15) is 42.7 Å². The topological polar surface area (TPSA) is 12.0 Å². The molecule has 0 fully saturated rings. The summed E-state index contributed by atoms with van der Waals surface area (Å²) < 4.78 is 0. The van der Waals surface area contributed by atoms with E-state index < -0.39 is 0 Å². The highest BCUT2D eigenvalue weighted by molar-refractivity contribution is 7.09. The van der Waals surface area contributed by atoms with Crippen LogP contribution in [-0.4, -0.2) is 6.54 Å². The van der Waals surface area contributed by atoms with Crippen LogP contribution in [0.5, 0.6) is 0 Å². The highest BCUT2D eigenvalue weighted by atomic mass is 35.5. The van der Waals surface area contributed by atoms with Crippen molar-refractivity contribution >= 4 is 22.9 Å². The zero-order valence-electron chi connectivity index (χ0n) is 11.9. The van der Waals surface area contributed by atoms with Crippen molar-refractivity contribution in [3.63, 3.8) is 0 Å². The van der Waals surface area contributed by atoms with E-state index >= 15 is 0 Å². The highest BCUT2D eigenvalue weighted by Crippen LogP contribution is 2.23. The number of benzene rings is 1. The molecule has 1 heterocycles. The molecule has 0 saturated carbocycles. The van der Waals surface area contributed by atoms with Crippen molar-refractivity contribution < 1.29 is 0 Å². The summed E-state index contributed by atoms with van der Waals surface area (Å²) in [5.41, 5.74) is 1.30. The lowest BCUT2D eigenvalue weighted by Gasteiger charge is -2.19. The fourth-order valence-corrected chi connectivity index (χ4v) is 3.31. The van der Waals surface area contributed by atoms with E-state index in [1.54, 1.807) is 0 Å². The second-order valence-electron chi connectivity index (χ2n) is 5.03. The molecule has 2 rings (SSSR count). The van der Waals surface area contributed by atoms with Gasteiger partial charge in [-0.05, 0) is 61.4 Å². The van der Waals surface area contributed by atoms with Gasteiger partial charge in [0.2, 0.25) is 0 Å². The molecule has 1 nitrogen and oxygen atoms in total. The van der Waals surface area contributed by atoms with E-state index in [1.807, 2.05) is 23.5 Å². The summed E-state index contributed by atoms with van der Waals surface area (Å²) in [4.78, 5) is 1.48. The Balaban J connectivity index is 1.92. The Labute approximate surface area is 131 Å². The molecule has 0 bridgehead atoms. The number of halogens is 1. The van der Waals surface area contributed by atoms with E-state index in [1.165, 1.54) is 23.3 Å². The van der Waals surface area contributed by atoms with Gasteiger partial charge in [-0.3, -0.25) is 0 Å². The Morgan fingerprint density at radius 2 is 2.15 bits per heavy atom. The molecule has 0 radical (unpaired) electrons. The quantitative estimate of drug-likeness (QED) is 0.682. The predicted molar refractivity (Wildman–Crippen MR) is 89.7 cm³/mol. The van der Waals surface area contributed by atoms with Crippen molar-refractivity contribution in [2.45, 2.75) is 38.6 Å². The van der Waals surface area contributed by atoms with Gasteiger partial charge in [0.1, 0.15) is 0 Å². The van der Waals surface area contributed by atoms with Crippen LogP contribution in [0.2, 0.25) is 5.02 Å². The molecule has 1 N–H and O–H groups in total. The SMILES string of the molecule is CCCNC(CCCc1cccs1)c1cccc(Cl)c1. The van der Waals surface area contributed by atoms with Crippen molar-refractivity contribution in [3.05, 3.63) is 57.2 Å². The summed E-state index contributed by atoms with van der Waals surface area (Å²) in [6, 6.07) is 13.0. The first-order valence-electron chi connectivity index (χ1n) is 7.31. The molecule has 1 aromatic carbocycles. The van der Waals surface area contributed by atoms with Crippen LogP contribution < -0.4 is 5.32 Å². The Morgan fingerprint density at radius 3 is 2.85 bits per heavy atom. The van der Waals surface area contributed by atoms with Crippen LogP contribution >= 0.6 is 22.9 Å². The van der Waals surface area contributed by atoms with E-state index in [4.69, 9.17) is 11.6 Å². The third kappa shape index (κ3) is 4.93. The highest BCUT2D eigenvalue weighted by Gasteiger charge is 2.11. The minimum atomic E-state index is 0.411. The van der Waals surface area contributed by atoms with Crippen molar-refractivity contribution in [2.24, 2.45) is 0 Å². The molecule has 0 amide bonds. The minimum Gasteiger partial charge on any atom is -0.310 e. The number of thiophene rings is 1. The Kier molecular flexibility index (Phi) is 6.58. The number of nitrogens with one attached hydrogen (secondary N) is 1. The van der Waals surface area contributed by atoms with Gasteiger partial charge in [-0.25, -0.2) is 0 Å². The van der Waals surface area contributed by atoms with Crippen molar-refractivity contribution in [1.82, 2.24) is 5.32 Å². The first kappa shape index (κ1) is 15.6. The van der Waals surface area contributed by atoms with E-state index in [-0.39, 0.29) is 0 Å². The summed E-state index contributed by atoms with van der Waals surface area (Å²) in [6.45, 7) is 3.25. The smallest absolute Gasteiger partial charge is 0.0409 e. The van der Waals surface area contributed by atoms with Crippen LogP contribution in [0.3, 0.4) is 0 Å². The maximum Gasteiger partial charge on any atom is 0.0409 e. The summed E-state index contributed by atoms with van der Waals surface area (Å²) in [5.74, 6) is 0. The summed E-state index contributed by atoms with van der Waals surface area (Å²) >= 11 is 7.96. The van der Waals surface area contributed by atoms with E-state index in [0.717, 1.165) is 24.4 Å². The van der Waals surface area contributed by atoms with Crippen LogP contribution in [-0.2, 0) is 6.42 Å². The summed E-state index contributed by atoms with van der Waals surface area (Å²) in [6.07, 6.45) is 4.68. The van der Waals surface area contributed by atoms with Gasteiger partial charge in [0.25, 0.3) is 0 Å². The standard InChI is InChI=1S/C17H22ClNS/c1-2-11-19-17(14-6-3-7-15(18)13-14)10-4-8-16-9-5-12-20-16/h3,5-7,9,12-13,17,19H,2,4,8,10-11H2,1H3. The third-order valence-electron chi connectivity index (χ3n) is 3.39. The van der Waals surface area contributed by atoms with Crippen LogP contribution in [0.15, 0.2) is 41.8 Å². The monoisotopic (exact) mass is 307 g/mol. The number of hydrogen-bond donors (Lipinski definition) is 1. The minimum absolute atomic E-state index is 0.411. The van der Waals surface area contributed by atoms with Crippen LogP contribution in [0.25, 0.3) is 0 Å². The Morgan fingerprint density at radius 1 is 1.25 bits per heavy atom. The largest absolute Gasteiger partial charge is 0.310 e. The molecule has 0 aliphatic carbocycles. The molecule has 0 spiro atoms. The molecule has 20 heavy (non-hydrogen) atoms. The number of hydrogen-bond acceptors (Lipinski definition) is 2. The van der Waals surface area contributed by atoms with Gasteiger partial charge >= 0.3 is 0 Å².